The first-order valence-corrected chi connectivity index (χ1v) is 7.28. The summed E-state index contributed by atoms with van der Waals surface area (Å²) in [7, 11) is 0. The number of amides is 1. The van der Waals surface area contributed by atoms with Crippen LogP contribution in [0.1, 0.15) is 30.1 Å². The molecule has 2 N–H and O–H groups in total. The van der Waals surface area contributed by atoms with E-state index in [2.05, 4.69) is 15.9 Å². The second kappa shape index (κ2) is 6.01. The summed E-state index contributed by atoms with van der Waals surface area (Å²) in [5.74, 6) is 0.0973. The van der Waals surface area contributed by atoms with Gasteiger partial charge in [-0.2, -0.15) is 0 Å². The summed E-state index contributed by atoms with van der Waals surface area (Å²) in [6.07, 6.45) is 1.87. The summed E-state index contributed by atoms with van der Waals surface area (Å²) in [6.45, 7) is 3.46. The Morgan fingerprint density at radius 2 is 2.11 bits per heavy atom. The van der Waals surface area contributed by atoms with Gasteiger partial charge in [0.05, 0.1) is 4.47 Å². The molecule has 19 heavy (non-hydrogen) atoms. The minimum atomic E-state index is -0.354. The molecule has 1 amide bonds. The number of hydrogen-bond acceptors (Lipinski definition) is 2. The van der Waals surface area contributed by atoms with Crippen LogP contribution in [0, 0.1) is 11.7 Å². The first-order chi connectivity index (χ1) is 8.99. The van der Waals surface area contributed by atoms with Crippen molar-refractivity contribution < 1.29 is 9.18 Å². The molecule has 0 bridgehead atoms. The molecule has 1 atom stereocenters. The fourth-order valence-electron chi connectivity index (χ4n) is 2.44. The molecule has 1 fully saturated rings. The lowest BCUT2D eigenvalue weighted by atomic mass is 9.90. The zero-order valence-corrected chi connectivity index (χ0v) is 12.5. The number of rotatable bonds is 2. The van der Waals surface area contributed by atoms with Crippen molar-refractivity contribution in [3.63, 3.8) is 0 Å². The number of halogens is 2. The summed E-state index contributed by atoms with van der Waals surface area (Å²) >= 11 is 3.10. The van der Waals surface area contributed by atoms with Crippen LogP contribution in [-0.2, 0) is 0 Å². The maximum absolute atomic E-state index is 13.2. The molecule has 2 rings (SSSR count). The topological polar surface area (TPSA) is 46.3 Å². The lowest BCUT2D eigenvalue weighted by Gasteiger charge is -2.33. The fraction of sp³-hybridized carbons (Fsp3) is 0.500. The van der Waals surface area contributed by atoms with E-state index in [4.69, 9.17) is 5.73 Å². The third-order valence-corrected chi connectivity index (χ3v) is 4.34. The highest BCUT2D eigenvalue weighted by Crippen LogP contribution is 2.23. The lowest BCUT2D eigenvalue weighted by Crippen LogP contribution is -2.42. The van der Waals surface area contributed by atoms with E-state index in [9.17, 15) is 9.18 Å². The second-order valence-electron chi connectivity index (χ2n) is 5.12. The monoisotopic (exact) mass is 328 g/mol. The number of piperidine rings is 1. The van der Waals surface area contributed by atoms with E-state index in [0.29, 0.717) is 16.0 Å². The standard InChI is InChI=1S/C14H18BrFN2O/c1-9(17)10-4-6-18(7-5-10)14(19)11-2-3-13(16)12(15)8-11/h2-3,8-10H,4-7,17H2,1H3. The fourth-order valence-corrected chi connectivity index (χ4v) is 2.82. The lowest BCUT2D eigenvalue weighted by molar-refractivity contribution is 0.0681. The summed E-state index contributed by atoms with van der Waals surface area (Å²) in [5.41, 5.74) is 6.41. The van der Waals surface area contributed by atoms with E-state index in [1.54, 1.807) is 0 Å². The summed E-state index contributed by atoms with van der Waals surface area (Å²) < 4.78 is 13.5. The Morgan fingerprint density at radius 1 is 1.47 bits per heavy atom. The number of nitrogens with zero attached hydrogens (tertiary/aromatic N) is 1. The van der Waals surface area contributed by atoms with Gasteiger partial charge in [0.2, 0.25) is 0 Å². The molecule has 0 saturated carbocycles. The van der Waals surface area contributed by atoms with Crippen LogP contribution >= 0.6 is 15.9 Å². The SMILES string of the molecule is CC(N)C1CCN(C(=O)c2ccc(F)c(Br)c2)CC1. The van der Waals surface area contributed by atoms with Crippen molar-refractivity contribution in [3.05, 3.63) is 34.1 Å². The van der Waals surface area contributed by atoms with E-state index in [-0.39, 0.29) is 17.8 Å². The van der Waals surface area contributed by atoms with Crippen LogP contribution in [0.25, 0.3) is 0 Å². The quantitative estimate of drug-likeness (QED) is 0.907. The highest BCUT2D eigenvalue weighted by Gasteiger charge is 2.25. The molecule has 3 nitrogen and oxygen atoms in total. The van der Waals surface area contributed by atoms with Crippen molar-refractivity contribution in [3.8, 4) is 0 Å². The van der Waals surface area contributed by atoms with E-state index >= 15 is 0 Å². The zero-order chi connectivity index (χ0) is 14.0. The Bertz CT molecular complexity index is 471. The molecule has 0 spiro atoms. The van der Waals surface area contributed by atoms with Gasteiger partial charge < -0.3 is 10.6 Å². The van der Waals surface area contributed by atoms with Crippen LogP contribution in [0.15, 0.2) is 22.7 Å². The van der Waals surface area contributed by atoms with Gasteiger partial charge in [0.1, 0.15) is 5.82 Å². The molecular formula is C14H18BrFN2O. The van der Waals surface area contributed by atoms with E-state index in [0.717, 1.165) is 25.9 Å². The normalized spacial score (nSPS) is 18.4. The van der Waals surface area contributed by atoms with Gasteiger partial charge in [-0.3, -0.25) is 4.79 Å². The van der Waals surface area contributed by atoms with Gasteiger partial charge >= 0.3 is 0 Å². The van der Waals surface area contributed by atoms with Crippen molar-refractivity contribution in [2.24, 2.45) is 11.7 Å². The van der Waals surface area contributed by atoms with E-state index in [1.807, 2.05) is 11.8 Å². The third-order valence-electron chi connectivity index (χ3n) is 3.74. The Kier molecular flexibility index (Phi) is 4.58. The molecule has 1 aliphatic rings. The average Bonchev–Trinajstić information content (AvgIpc) is 2.41. The largest absolute Gasteiger partial charge is 0.339 e. The van der Waals surface area contributed by atoms with Crippen molar-refractivity contribution in [2.75, 3.05) is 13.1 Å². The zero-order valence-electron chi connectivity index (χ0n) is 10.9. The minimum Gasteiger partial charge on any atom is -0.339 e. The van der Waals surface area contributed by atoms with Gasteiger partial charge in [-0.05, 0) is 59.8 Å². The molecule has 1 unspecified atom stereocenters. The molecule has 5 heteroatoms. The maximum Gasteiger partial charge on any atom is 0.253 e. The number of carbonyl (C=O) groups excluding carboxylic acids is 1. The third kappa shape index (κ3) is 3.34. The molecule has 0 aliphatic carbocycles. The van der Waals surface area contributed by atoms with Gasteiger partial charge in [0.25, 0.3) is 5.91 Å². The molecular weight excluding hydrogens is 311 g/mol. The number of likely N-dealkylation sites (tertiary alicyclic amines) is 1. The number of benzene rings is 1. The summed E-state index contributed by atoms with van der Waals surface area (Å²) in [4.78, 5) is 14.1. The van der Waals surface area contributed by atoms with Crippen LogP contribution in [0.5, 0.6) is 0 Å². The number of hydrogen-bond donors (Lipinski definition) is 1. The smallest absolute Gasteiger partial charge is 0.253 e. The van der Waals surface area contributed by atoms with Gasteiger partial charge in [0, 0.05) is 24.7 Å². The van der Waals surface area contributed by atoms with Gasteiger partial charge in [0.15, 0.2) is 0 Å². The minimum absolute atomic E-state index is 0.0381. The van der Waals surface area contributed by atoms with Crippen LogP contribution in [0.2, 0.25) is 0 Å². The van der Waals surface area contributed by atoms with E-state index < -0.39 is 0 Å². The highest BCUT2D eigenvalue weighted by molar-refractivity contribution is 9.10. The molecule has 0 aromatic heterocycles. The Balaban J connectivity index is 2.03. The molecule has 0 radical (unpaired) electrons. The van der Waals surface area contributed by atoms with Crippen LogP contribution in [-0.4, -0.2) is 29.9 Å². The summed E-state index contributed by atoms with van der Waals surface area (Å²) in [5, 5.41) is 0. The van der Waals surface area contributed by atoms with Gasteiger partial charge in [-0.1, -0.05) is 0 Å². The predicted molar refractivity (Wildman–Crippen MR) is 76.4 cm³/mol. The first-order valence-electron chi connectivity index (χ1n) is 6.49. The molecule has 1 aromatic rings. The van der Waals surface area contributed by atoms with Crippen LogP contribution < -0.4 is 5.73 Å². The Labute approximate surface area is 121 Å². The van der Waals surface area contributed by atoms with E-state index in [1.165, 1.54) is 18.2 Å². The average molecular weight is 329 g/mol. The van der Waals surface area contributed by atoms with Crippen molar-refractivity contribution in [1.29, 1.82) is 0 Å². The van der Waals surface area contributed by atoms with Crippen LogP contribution in [0.4, 0.5) is 4.39 Å². The van der Waals surface area contributed by atoms with Crippen molar-refractivity contribution >= 4 is 21.8 Å². The molecule has 1 aromatic carbocycles. The maximum atomic E-state index is 13.2. The number of carbonyl (C=O) groups is 1. The van der Waals surface area contributed by atoms with Gasteiger partial charge in [-0.15, -0.1) is 0 Å². The molecule has 1 aliphatic heterocycles. The highest BCUT2D eigenvalue weighted by atomic mass is 79.9. The predicted octanol–water partition coefficient (Wildman–Crippen LogP) is 2.79. The Hall–Kier alpha value is -0.940. The first kappa shape index (κ1) is 14.5. The second-order valence-corrected chi connectivity index (χ2v) is 5.97. The molecule has 104 valence electrons. The Morgan fingerprint density at radius 3 is 2.63 bits per heavy atom. The van der Waals surface area contributed by atoms with Gasteiger partial charge in [-0.25, -0.2) is 4.39 Å². The van der Waals surface area contributed by atoms with Crippen molar-refractivity contribution in [1.82, 2.24) is 4.90 Å². The number of nitrogens with two attached hydrogens (primary N) is 1. The van der Waals surface area contributed by atoms with Crippen LogP contribution in [0.3, 0.4) is 0 Å². The molecule has 1 saturated heterocycles. The summed E-state index contributed by atoms with van der Waals surface area (Å²) in [6, 6.07) is 4.55. The molecule has 1 heterocycles. The van der Waals surface area contributed by atoms with Crippen molar-refractivity contribution in [2.45, 2.75) is 25.8 Å².